The van der Waals surface area contributed by atoms with Crippen LogP contribution < -0.4 is 28.4 Å². The lowest BCUT2D eigenvalue weighted by Crippen LogP contribution is -2.25. The SMILES string of the molecule is CCCCn1c(-c2ccccc2)nc(F)c1CCCc1ccc2c(c1)OCO2.CCCCn1c(-c2ccccc2)nc(F)c1CN(Cc1ccc2c(c1)OCO2)Cc1ccc2c(c1)OCO2. The standard InChI is InChI=1S/C30H30FN3O4.C23H25FN2O2/c1-2-3-13-34-24(29(31)32-30(34)23-7-5-4-6-8-23)18-33(16-21-9-11-25-27(14-21)37-19-35-25)17-22-10-12-26-28(15-22)38-20-36-26;1-2-3-14-26-19(22(24)25-23(26)18-9-5-4-6-10-18)11-7-8-17-12-13-20-21(15-17)28-16-27-20/h4-12,14-15H,2-3,13,16-20H2,1H3;4-6,9-10,12-13,15H,2-3,7-8,11,14,16H2,1H3. The van der Waals surface area contributed by atoms with Gasteiger partial charge in [0.1, 0.15) is 11.6 Å². The first-order valence-corrected chi connectivity index (χ1v) is 22.9. The van der Waals surface area contributed by atoms with E-state index >= 15 is 4.39 Å². The van der Waals surface area contributed by atoms with Crippen molar-refractivity contribution in [3.05, 3.63) is 155 Å². The number of aryl methyl sites for hydroxylation is 1. The minimum Gasteiger partial charge on any atom is -0.454 e. The van der Waals surface area contributed by atoms with Crippen molar-refractivity contribution in [3.8, 4) is 57.3 Å². The Hall–Kier alpha value is -6.86. The van der Waals surface area contributed by atoms with Crippen LogP contribution in [0.15, 0.2) is 115 Å². The second kappa shape index (κ2) is 21.0. The third-order valence-corrected chi connectivity index (χ3v) is 12.0. The molecule has 0 amide bonds. The van der Waals surface area contributed by atoms with Gasteiger partial charge in [0.2, 0.25) is 32.3 Å². The van der Waals surface area contributed by atoms with Crippen molar-refractivity contribution in [2.45, 2.75) is 91.5 Å². The van der Waals surface area contributed by atoms with Crippen molar-refractivity contribution >= 4 is 0 Å². The summed E-state index contributed by atoms with van der Waals surface area (Å²) in [6.07, 6.45) is 6.37. The van der Waals surface area contributed by atoms with Crippen LogP contribution in [0.2, 0.25) is 0 Å². The molecule has 3 aliphatic rings. The smallest absolute Gasteiger partial charge is 0.235 e. The van der Waals surface area contributed by atoms with Crippen molar-refractivity contribution < 1.29 is 37.2 Å². The molecule has 11 nitrogen and oxygen atoms in total. The van der Waals surface area contributed by atoms with E-state index in [2.05, 4.69) is 33.3 Å². The first kappa shape index (κ1) is 44.3. The van der Waals surface area contributed by atoms with Crippen LogP contribution in [-0.2, 0) is 45.6 Å². The Kier molecular flexibility index (Phi) is 14.1. The molecule has 0 bridgehead atoms. The van der Waals surface area contributed by atoms with E-state index in [0.717, 1.165) is 108 Å². The Labute approximate surface area is 384 Å². The number of imidazole rings is 2. The van der Waals surface area contributed by atoms with Crippen LogP contribution in [0.1, 0.15) is 74.0 Å². The van der Waals surface area contributed by atoms with Gasteiger partial charge in [-0.3, -0.25) is 4.90 Å². The number of aromatic nitrogens is 4. The summed E-state index contributed by atoms with van der Waals surface area (Å²) in [5.41, 5.74) is 6.43. The maximum Gasteiger partial charge on any atom is 0.235 e. The molecule has 0 saturated carbocycles. The van der Waals surface area contributed by atoms with Crippen molar-refractivity contribution in [1.29, 1.82) is 0 Å². The summed E-state index contributed by atoms with van der Waals surface area (Å²) in [5.74, 6) is 5.15. The predicted molar refractivity (Wildman–Crippen MR) is 248 cm³/mol. The Morgan fingerprint density at radius 2 is 0.894 bits per heavy atom. The fourth-order valence-corrected chi connectivity index (χ4v) is 8.56. The van der Waals surface area contributed by atoms with Gasteiger partial charge in [-0.05, 0) is 85.2 Å². The summed E-state index contributed by atoms with van der Waals surface area (Å²) >= 11 is 0. The van der Waals surface area contributed by atoms with Crippen LogP contribution >= 0.6 is 0 Å². The second-order valence-electron chi connectivity index (χ2n) is 16.6. The third kappa shape index (κ3) is 10.3. The Balaban J connectivity index is 0.000000174. The highest BCUT2D eigenvalue weighted by molar-refractivity contribution is 5.57. The number of hydrogen-bond acceptors (Lipinski definition) is 9. The molecule has 3 aliphatic heterocycles. The summed E-state index contributed by atoms with van der Waals surface area (Å²) in [6, 6.07) is 37.6. The third-order valence-electron chi connectivity index (χ3n) is 12.0. The molecule has 7 aromatic rings. The van der Waals surface area contributed by atoms with Crippen LogP contribution in [0.5, 0.6) is 34.5 Å². The van der Waals surface area contributed by atoms with Crippen LogP contribution in [0.4, 0.5) is 8.78 Å². The zero-order valence-corrected chi connectivity index (χ0v) is 37.5. The monoisotopic (exact) mass is 895 g/mol. The molecule has 5 aromatic carbocycles. The van der Waals surface area contributed by atoms with Crippen molar-refractivity contribution in [3.63, 3.8) is 0 Å². The van der Waals surface area contributed by atoms with E-state index in [9.17, 15) is 4.39 Å². The molecular weight excluding hydrogens is 841 g/mol. The molecule has 0 N–H and O–H groups in total. The van der Waals surface area contributed by atoms with Gasteiger partial charge in [0.25, 0.3) is 0 Å². The fraction of sp³-hybridized carbons (Fsp3) is 0.321. The van der Waals surface area contributed by atoms with Gasteiger partial charge in [0.15, 0.2) is 34.5 Å². The van der Waals surface area contributed by atoms with Gasteiger partial charge in [-0.15, -0.1) is 0 Å². The summed E-state index contributed by atoms with van der Waals surface area (Å²) in [4.78, 5) is 10.9. The highest BCUT2D eigenvalue weighted by Gasteiger charge is 2.24. The lowest BCUT2D eigenvalue weighted by molar-refractivity contribution is 0.173. The number of benzene rings is 5. The number of unbranched alkanes of at least 4 members (excludes halogenated alkanes) is 2. The van der Waals surface area contributed by atoms with Gasteiger partial charge in [-0.2, -0.15) is 18.7 Å². The van der Waals surface area contributed by atoms with Crippen molar-refractivity contribution in [2.75, 3.05) is 20.4 Å². The Morgan fingerprint density at radius 3 is 1.38 bits per heavy atom. The summed E-state index contributed by atoms with van der Waals surface area (Å²) in [7, 11) is 0. The average molecular weight is 896 g/mol. The molecule has 5 heterocycles. The van der Waals surface area contributed by atoms with E-state index in [-0.39, 0.29) is 26.3 Å². The Morgan fingerprint density at radius 1 is 0.470 bits per heavy atom. The molecule has 0 atom stereocenters. The first-order chi connectivity index (χ1) is 32.4. The lowest BCUT2D eigenvalue weighted by atomic mass is 10.1. The highest BCUT2D eigenvalue weighted by atomic mass is 19.1. The maximum absolute atomic E-state index is 15.5. The van der Waals surface area contributed by atoms with Crippen LogP contribution in [0.3, 0.4) is 0 Å². The number of ether oxygens (including phenoxy) is 6. The van der Waals surface area contributed by atoms with E-state index in [4.69, 9.17) is 28.4 Å². The van der Waals surface area contributed by atoms with E-state index in [1.165, 1.54) is 5.56 Å². The first-order valence-electron chi connectivity index (χ1n) is 22.9. The summed E-state index contributed by atoms with van der Waals surface area (Å²) in [5, 5.41) is 0. The quantitative estimate of drug-likeness (QED) is 0.0834. The zero-order chi connectivity index (χ0) is 45.2. The van der Waals surface area contributed by atoms with Crippen LogP contribution in [0, 0.1) is 11.9 Å². The molecule has 66 heavy (non-hydrogen) atoms. The molecule has 342 valence electrons. The van der Waals surface area contributed by atoms with Crippen LogP contribution in [0.25, 0.3) is 22.8 Å². The largest absolute Gasteiger partial charge is 0.454 e. The average Bonchev–Trinajstić information content (AvgIpc) is 4.21. The number of hydrogen-bond donors (Lipinski definition) is 0. The maximum atomic E-state index is 15.5. The second-order valence-corrected chi connectivity index (χ2v) is 16.6. The molecule has 2 aromatic heterocycles. The fourth-order valence-electron chi connectivity index (χ4n) is 8.56. The molecule has 0 fully saturated rings. The minimum atomic E-state index is -0.429. The van der Waals surface area contributed by atoms with Gasteiger partial charge in [0.05, 0.1) is 11.4 Å². The van der Waals surface area contributed by atoms with E-state index < -0.39 is 5.95 Å². The molecule has 0 radical (unpaired) electrons. The molecule has 0 aliphatic carbocycles. The molecule has 0 unspecified atom stereocenters. The van der Waals surface area contributed by atoms with Gasteiger partial charge < -0.3 is 37.6 Å². The predicted octanol–water partition coefficient (Wildman–Crippen LogP) is 11.5. The van der Waals surface area contributed by atoms with Gasteiger partial charge in [-0.25, -0.2) is 0 Å². The van der Waals surface area contributed by atoms with E-state index in [1.54, 1.807) is 0 Å². The minimum absolute atomic E-state index is 0.226. The van der Waals surface area contributed by atoms with Gasteiger partial charge in [0, 0.05) is 43.9 Å². The molecule has 13 heteroatoms. The topological polar surface area (TPSA) is 94.3 Å². The normalized spacial score (nSPS) is 13.0. The molecule has 0 spiro atoms. The molecular formula is C53H55F2N5O6. The molecule has 0 saturated heterocycles. The van der Waals surface area contributed by atoms with Gasteiger partial charge >= 0.3 is 0 Å². The number of rotatable bonds is 18. The zero-order valence-electron chi connectivity index (χ0n) is 37.5. The molecule has 10 rings (SSSR count). The van der Waals surface area contributed by atoms with E-state index in [1.807, 2.05) is 120 Å². The number of nitrogens with zero attached hydrogens (tertiary/aromatic N) is 5. The van der Waals surface area contributed by atoms with Crippen LogP contribution in [-0.4, -0.2) is 44.4 Å². The van der Waals surface area contributed by atoms with E-state index in [0.29, 0.717) is 49.8 Å². The summed E-state index contributed by atoms with van der Waals surface area (Å²) in [6.45, 7) is 8.07. The lowest BCUT2D eigenvalue weighted by Gasteiger charge is -2.24. The highest BCUT2D eigenvalue weighted by Crippen LogP contribution is 2.36. The number of halogens is 2. The number of fused-ring (bicyclic) bond motifs is 3. The summed E-state index contributed by atoms with van der Waals surface area (Å²) < 4.78 is 67.3. The Bertz CT molecular complexity index is 2670. The van der Waals surface area contributed by atoms with Crippen molar-refractivity contribution in [2.24, 2.45) is 0 Å². The van der Waals surface area contributed by atoms with Gasteiger partial charge in [-0.1, -0.05) is 106 Å². The van der Waals surface area contributed by atoms with Crippen molar-refractivity contribution in [1.82, 2.24) is 24.0 Å².